The van der Waals surface area contributed by atoms with Crippen molar-refractivity contribution >= 4 is 17.4 Å². The average Bonchev–Trinajstić information content (AvgIpc) is 2.95. The van der Waals surface area contributed by atoms with Gasteiger partial charge in [-0.25, -0.2) is 4.79 Å². The fourth-order valence-corrected chi connectivity index (χ4v) is 3.63. The molecule has 6 nitrogen and oxygen atoms in total. The van der Waals surface area contributed by atoms with Gasteiger partial charge >= 0.3 is 6.09 Å². The zero-order valence-corrected chi connectivity index (χ0v) is 12.1. The Balaban J connectivity index is 1.72. The number of hydrogen-bond acceptors (Lipinski definition) is 6. The quantitative estimate of drug-likeness (QED) is 0.835. The highest BCUT2D eigenvalue weighted by atomic mass is 32.1. The molecule has 0 aliphatic carbocycles. The Morgan fingerprint density at radius 2 is 2.26 bits per heavy atom. The Labute approximate surface area is 116 Å². The summed E-state index contributed by atoms with van der Waals surface area (Å²) in [6, 6.07) is 0. The Morgan fingerprint density at radius 3 is 2.95 bits per heavy atom. The van der Waals surface area contributed by atoms with Crippen LogP contribution >= 0.6 is 11.3 Å². The third-order valence-corrected chi connectivity index (χ3v) is 4.82. The fraction of sp³-hybridized carbons (Fsp3) is 0.750. The first kappa shape index (κ1) is 12.8. The third-order valence-electron chi connectivity index (χ3n) is 4.00. The molecule has 104 valence electrons. The van der Waals surface area contributed by atoms with Crippen LogP contribution in [0.5, 0.6) is 0 Å². The highest BCUT2D eigenvalue weighted by Crippen LogP contribution is 2.32. The number of amides is 1. The predicted molar refractivity (Wildman–Crippen MR) is 71.0 cm³/mol. The number of carbonyl (C=O) groups excluding carboxylic acids is 1. The summed E-state index contributed by atoms with van der Waals surface area (Å²) in [7, 11) is 0. The summed E-state index contributed by atoms with van der Waals surface area (Å²) < 4.78 is 5.23. The number of aryl methyl sites for hydroxylation is 1. The molecular weight excluding hydrogens is 264 g/mol. The molecule has 1 aromatic rings. The van der Waals surface area contributed by atoms with Gasteiger partial charge in [0, 0.05) is 19.6 Å². The van der Waals surface area contributed by atoms with Gasteiger partial charge in [-0.05, 0) is 13.3 Å². The van der Waals surface area contributed by atoms with Gasteiger partial charge in [-0.2, -0.15) is 0 Å². The zero-order chi connectivity index (χ0) is 13.5. The van der Waals surface area contributed by atoms with Gasteiger partial charge in [-0.15, -0.1) is 21.5 Å². The SMILES string of the molecule is CCC12COC(=O)N1CCN(Cc1nnc(C)s1)C2. The number of ether oxygens (including phenoxy) is 1. The normalized spacial score (nSPS) is 27.5. The maximum Gasteiger partial charge on any atom is 0.410 e. The van der Waals surface area contributed by atoms with Crippen LogP contribution in [0.2, 0.25) is 0 Å². The number of nitrogens with zero attached hydrogens (tertiary/aromatic N) is 4. The van der Waals surface area contributed by atoms with E-state index in [0.717, 1.165) is 42.6 Å². The highest BCUT2D eigenvalue weighted by Gasteiger charge is 2.49. The molecule has 0 N–H and O–H groups in total. The van der Waals surface area contributed by atoms with Crippen LogP contribution in [0.25, 0.3) is 0 Å². The molecular formula is C12H18N4O2S. The summed E-state index contributed by atoms with van der Waals surface area (Å²) in [5.41, 5.74) is -0.144. The molecule has 3 rings (SSSR count). The van der Waals surface area contributed by atoms with Crippen molar-refractivity contribution in [3.63, 3.8) is 0 Å². The second-order valence-corrected chi connectivity index (χ2v) is 6.48. The van der Waals surface area contributed by atoms with Crippen LogP contribution in [0.1, 0.15) is 23.4 Å². The summed E-state index contributed by atoms with van der Waals surface area (Å²) in [6.07, 6.45) is 0.762. The van der Waals surface area contributed by atoms with E-state index in [4.69, 9.17) is 4.74 Å². The summed E-state index contributed by atoms with van der Waals surface area (Å²) >= 11 is 1.64. The molecule has 1 amide bonds. The topological polar surface area (TPSA) is 58.6 Å². The van der Waals surface area contributed by atoms with E-state index in [-0.39, 0.29) is 11.6 Å². The van der Waals surface area contributed by atoms with Crippen LogP contribution in [0, 0.1) is 6.92 Å². The summed E-state index contributed by atoms with van der Waals surface area (Å²) in [5.74, 6) is 0. The van der Waals surface area contributed by atoms with E-state index in [1.807, 2.05) is 11.8 Å². The molecule has 0 radical (unpaired) electrons. The highest BCUT2D eigenvalue weighted by molar-refractivity contribution is 7.11. The molecule has 3 heterocycles. The van der Waals surface area contributed by atoms with Gasteiger partial charge in [0.15, 0.2) is 0 Å². The molecule has 1 unspecified atom stereocenters. The van der Waals surface area contributed by atoms with Crippen molar-refractivity contribution in [1.29, 1.82) is 0 Å². The van der Waals surface area contributed by atoms with Crippen LogP contribution in [0.4, 0.5) is 4.79 Å². The number of hydrogen-bond donors (Lipinski definition) is 0. The van der Waals surface area contributed by atoms with Crippen LogP contribution < -0.4 is 0 Å². The Bertz CT molecular complexity index is 492. The summed E-state index contributed by atoms with van der Waals surface area (Å²) in [5, 5.41) is 10.3. The van der Waals surface area contributed by atoms with E-state index < -0.39 is 0 Å². The molecule has 2 fully saturated rings. The van der Waals surface area contributed by atoms with Gasteiger partial charge in [-0.3, -0.25) is 9.80 Å². The lowest BCUT2D eigenvalue weighted by molar-refractivity contribution is 0.0448. The number of piperazine rings is 1. The minimum absolute atomic E-state index is 0.144. The van der Waals surface area contributed by atoms with Crippen molar-refractivity contribution < 1.29 is 9.53 Å². The molecule has 19 heavy (non-hydrogen) atoms. The first-order valence-corrected chi connectivity index (χ1v) is 7.40. The molecule has 0 bridgehead atoms. The van der Waals surface area contributed by atoms with E-state index >= 15 is 0 Å². The van der Waals surface area contributed by atoms with E-state index in [2.05, 4.69) is 22.0 Å². The maximum absolute atomic E-state index is 11.7. The van der Waals surface area contributed by atoms with Crippen molar-refractivity contribution in [2.24, 2.45) is 0 Å². The predicted octanol–water partition coefficient (Wildman–Crippen LogP) is 1.26. The number of aromatic nitrogens is 2. The number of rotatable bonds is 3. The first-order chi connectivity index (χ1) is 9.13. The van der Waals surface area contributed by atoms with Crippen molar-refractivity contribution in [1.82, 2.24) is 20.0 Å². The van der Waals surface area contributed by atoms with Crippen LogP contribution in [0.3, 0.4) is 0 Å². The lowest BCUT2D eigenvalue weighted by Crippen LogP contribution is -2.60. The van der Waals surface area contributed by atoms with Gasteiger partial charge in [0.2, 0.25) is 0 Å². The smallest absolute Gasteiger partial charge is 0.410 e. The first-order valence-electron chi connectivity index (χ1n) is 6.59. The van der Waals surface area contributed by atoms with Crippen LogP contribution in [-0.2, 0) is 11.3 Å². The molecule has 2 aliphatic rings. The summed E-state index contributed by atoms with van der Waals surface area (Å²) in [6.45, 7) is 7.88. The molecule has 2 aliphatic heterocycles. The molecule has 1 atom stereocenters. The molecule has 7 heteroatoms. The molecule has 0 aromatic carbocycles. The maximum atomic E-state index is 11.7. The monoisotopic (exact) mass is 282 g/mol. The van der Waals surface area contributed by atoms with Gasteiger partial charge in [-0.1, -0.05) is 6.92 Å². The number of fused-ring (bicyclic) bond motifs is 1. The second-order valence-electron chi connectivity index (χ2n) is 5.21. The van der Waals surface area contributed by atoms with Gasteiger partial charge in [0.25, 0.3) is 0 Å². The van der Waals surface area contributed by atoms with Gasteiger partial charge < -0.3 is 4.74 Å². The molecule has 0 spiro atoms. The lowest BCUT2D eigenvalue weighted by atomic mass is 9.93. The standard InChI is InChI=1S/C12H18N4O2S/c1-3-12-7-15(6-10-14-13-9(2)19-10)4-5-16(12)11(17)18-8-12/h3-8H2,1-2H3. The minimum atomic E-state index is -0.159. The van der Waals surface area contributed by atoms with E-state index in [1.54, 1.807) is 11.3 Å². The van der Waals surface area contributed by atoms with E-state index in [9.17, 15) is 4.79 Å². The minimum Gasteiger partial charge on any atom is -0.447 e. The zero-order valence-electron chi connectivity index (χ0n) is 11.3. The lowest BCUT2D eigenvalue weighted by Gasteiger charge is -2.44. The van der Waals surface area contributed by atoms with Gasteiger partial charge in [0.1, 0.15) is 16.6 Å². The average molecular weight is 282 g/mol. The molecule has 1 aromatic heterocycles. The largest absolute Gasteiger partial charge is 0.447 e. The Kier molecular flexibility index (Phi) is 3.18. The second kappa shape index (κ2) is 4.72. The Morgan fingerprint density at radius 1 is 1.42 bits per heavy atom. The van der Waals surface area contributed by atoms with E-state index in [0.29, 0.717) is 6.61 Å². The summed E-state index contributed by atoms with van der Waals surface area (Å²) in [4.78, 5) is 16.0. The van der Waals surface area contributed by atoms with Crippen molar-refractivity contribution in [3.05, 3.63) is 10.0 Å². The number of carbonyl (C=O) groups is 1. The molecule has 2 saturated heterocycles. The van der Waals surface area contributed by atoms with Gasteiger partial charge in [0.05, 0.1) is 12.1 Å². The van der Waals surface area contributed by atoms with Crippen LogP contribution in [0.15, 0.2) is 0 Å². The molecule has 0 saturated carbocycles. The fourth-order valence-electron chi connectivity index (χ4n) is 2.87. The third kappa shape index (κ3) is 2.21. The Hall–Kier alpha value is -1.21. The van der Waals surface area contributed by atoms with Crippen molar-refractivity contribution in [3.8, 4) is 0 Å². The van der Waals surface area contributed by atoms with Crippen molar-refractivity contribution in [2.45, 2.75) is 32.4 Å². The van der Waals surface area contributed by atoms with E-state index in [1.165, 1.54) is 0 Å². The number of cyclic esters (lactones) is 1. The van der Waals surface area contributed by atoms with Crippen molar-refractivity contribution in [2.75, 3.05) is 26.2 Å². The van der Waals surface area contributed by atoms with Crippen LogP contribution in [-0.4, -0.2) is 57.9 Å².